The fraction of sp³-hybridized carbons (Fsp3) is 1.00. The summed E-state index contributed by atoms with van der Waals surface area (Å²) in [6, 6.07) is 0. The fourth-order valence-corrected chi connectivity index (χ4v) is 3.02. The number of aliphatic hydroxyl groups excluding tert-OH is 1. The SMILES string of the molecule is CC(O)CCCOC1C(C)CCC(C)C1(C)C. The molecule has 17 heavy (non-hydrogen) atoms. The van der Waals surface area contributed by atoms with Gasteiger partial charge in [-0.1, -0.05) is 27.7 Å². The standard InChI is InChI=1S/C15H30O2/c1-11-8-9-12(2)15(4,5)14(11)17-10-6-7-13(3)16/h11-14,16H,6-10H2,1-5H3. The maximum atomic E-state index is 9.23. The number of ether oxygens (including phenoxy) is 1. The molecule has 1 N–H and O–H groups in total. The monoisotopic (exact) mass is 242 g/mol. The van der Waals surface area contributed by atoms with Crippen LogP contribution < -0.4 is 0 Å². The van der Waals surface area contributed by atoms with Crippen LogP contribution in [0.1, 0.15) is 60.3 Å². The number of rotatable bonds is 5. The van der Waals surface area contributed by atoms with Gasteiger partial charge in [0.2, 0.25) is 0 Å². The van der Waals surface area contributed by atoms with Gasteiger partial charge in [0.1, 0.15) is 0 Å². The lowest BCUT2D eigenvalue weighted by atomic mass is 9.64. The predicted molar refractivity (Wildman–Crippen MR) is 72.0 cm³/mol. The van der Waals surface area contributed by atoms with Crippen LogP contribution in [0.4, 0.5) is 0 Å². The van der Waals surface area contributed by atoms with Gasteiger partial charge in [0, 0.05) is 6.61 Å². The lowest BCUT2D eigenvalue weighted by Gasteiger charge is -2.47. The van der Waals surface area contributed by atoms with Gasteiger partial charge in [0.05, 0.1) is 12.2 Å². The molecule has 0 amide bonds. The van der Waals surface area contributed by atoms with Gasteiger partial charge in [-0.15, -0.1) is 0 Å². The van der Waals surface area contributed by atoms with Crippen LogP contribution in [0.2, 0.25) is 0 Å². The quantitative estimate of drug-likeness (QED) is 0.746. The molecule has 1 rings (SSSR count). The zero-order valence-electron chi connectivity index (χ0n) is 12.2. The zero-order valence-corrected chi connectivity index (χ0v) is 12.2. The van der Waals surface area contributed by atoms with Crippen LogP contribution in [0.3, 0.4) is 0 Å². The Morgan fingerprint density at radius 3 is 2.53 bits per heavy atom. The Morgan fingerprint density at radius 2 is 1.94 bits per heavy atom. The fourth-order valence-electron chi connectivity index (χ4n) is 3.02. The Kier molecular flexibility index (Phi) is 5.46. The zero-order chi connectivity index (χ0) is 13.1. The van der Waals surface area contributed by atoms with E-state index >= 15 is 0 Å². The van der Waals surface area contributed by atoms with Gasteiger partial charge < -0.3 is 9.84 Å². The first-order chi connectivity index (χ1) is 7.85. The number of hydrogen-bond acceptors (Lipinski definition) is 2. The molecule has 0 radical (unpaired) electrons. The van der Waals surface area contributed by atoms with Crippen LogP contribution in [0.5, 0.6) is 0 Å². The molecule has 0 spiro atoms. The van der Waals surface area contributed by atoms with E-state index in [1.54, 1.807) is 0 Å². The van der Waals surface area contributed by atoms with E-state index in [-0.39, 0.29) is 11.5 Å². The van der Waals surface area contributed by atoms with E-state index < -0.39 is 0 Å². The Morgan fingerprint density at radius 1 is 1.29 bits per heavy atom. The van der Waals surface area contributed by atoms with Crippen molar-refractivity contribution in [1.82, 2.24) is 0 Å². The van der Waals surface area contributed by atoms with Crippen molar-refractivity contribution in [2.75, 3.05) is 6.61 Å². The van der Waals surface area contributed by atoms with Gasteiger partial charge in [-0.05, 0) is 49.9 Å². The van der Waals surface area contributed by atoms with Gasteiger partial charge in [-0.2, -0.15) is 0 Å². The highest BCUT2D eigenvalue weighted by Crippen LogP contribution is 2.44. The largest absolute Gasteiger partial charge is 0.393 e. The van der Waals surface area contributed by atoms with E-state index in [2.05, 4.69) is 27.7 Å². The second-order valence-electron chi connectivity index (χ2n) is 6.56. The summed E-state index contributed by atoms with van der Waals surface area (Å²) in [5.74, 6) is 1.40. The van der Waals surface area contributed by atoms with Crippen molar-refractivity contribution in [3.63, 3.8) is 0 Å². The lowest BCUT2D eigenvalue weighted by Crippen LogP contribution is -2.45. The minimum atomic E-state index is -0.200. The highest BCUT2D eigenvalue weighted by atomic mass is 16.5. The summed E-state index contributed by atoms with van der Waals surface area (Å²) in [6.45, 7) is 12.0. The van der Waals surface area contributed by atoms with Crippen molar-refractivity contribution in [2.24, 2.45) is 17.3 Å². The summed E-state index contributed by atoms with van der Waals surface area (Å²) in [4.78, 5) is 0. The molecular formula is C15H30O2. The van der Waals surface area contributed by atoms with Crippen LogP contribution in [-0.2, 0) is 4.74 Å². The Bertz CT molecular complexity index is 223. The molecule has 0 bridgehead atoms. The molecule has 4 unspecified atom stereocenters. The topological polar surface area (TPSA) is 29.5 Å². The molecule has 0 saturated heterocycles. The molecule has 102 valence electrons. The Balaban J connectivity index is 2.43. The summed E-state index contributed by atoms with van der Waals surface area (Å²) in [6.07, 6.45) is 4.59. The predicted octanol–water partition coefficient (Wildman–Crippen LogP) is 3.62. The number of hydrogen-bond donors (Lipinski definition) is 1. The Labute approximate surface area is 107 Å². The maximum Gasteiger partial charge on any atom is 0.0654 e. The van der Waals surface area contributed by atoms with E-state index in [9.17, 15) is 5.11 Å². The minimum absolute atomic E-state index is 0.200. The second-order valence-corrected chi connectivity index (χ2v) is 6.56. The van der Waals surface area contributed by atoms with Crippen LogP contribution in [-0.4, -0.2) is 23.9 Å². The van der Waals surface area contributed by atoms with Crippen molar-refractivity contribution < 1.29 is 9.84 Å². The molecule has 4 atom stereocenters. The highest BCUT2D eigenvalue weighted by molar-refractivity contribution is 4.91. The molecule has 1 fully saturated rings. The molecule has 0 aromatic carbocycles. The lowest BCUT2D eigenvalue weighted by molar-refractivity contribution is -0.106. The molecule has 1 saturated carbocycles. The normalized spacial score (nSPS) is 34.6. The van der Waals surface area contributed by atoms with Gasteiger partial charge in [-0.3, -0.25) is 0 Å². The second kappa shape index (κ2) is 6.19. The van der Waals surface area contributed by atoms with E-state index in [1.165, 1.54) is 12.8 Å². The molecule has 2 heteroatoms. The van der Waals surface area contributed by atoms with Gasteiger partial charge in [0.25, 0.3) is 0 Å². The summed E-state index contributed by atoms with van der Waals surface area (Å²) >= 11 is 0. The first-order valence-corrected chi connectivity index (χ1v) is 7.15. The molecule has 0 aromatic heterocycles. The molecule has 1 aliphatic carbocycles. The number of aliphatic hydroxyl groups is 1. The summed E-state index contributed by atoms with van der Waals surface area (Å²) in [5, 5.41) is 9.23. The third-order valence-electron chi connectivity index (χ3n) is 4.64. The summed E-state index contributed by atoms with van der Waals surface area (Å²) < 4.78 is 6.12. The Hall–Kier alpha value is -0.0800. The van der Waals surface area contributed by atoms with Crippen LogP contribution >= 0.6 is 0 Å². The van der Waals surface area contributed by atoms with E-state index in [0.29, 0.717) is 12.0 Å². The molecule has 1 aliphatic rings. The first kappa shape index (κ1) is 15.0. The van der Waals surface area contributed by atoms with Gasteiger partial charge in [0.15, 0.2) is 0 Å². The van der Waals surface area contributed by atoms with E-state index in [4.69, 9.17) is 4.74 Å². The van der Waals surface area contributed by atoms with Gasteiger partial charge >= 0.3 is 0 Å². The molecule has 0 heterocycles. The highest BCUT2D eigenvalue weighted by Gasteiger charge is 2.42. The summed E-state index contributed by atoms with van der Waals surface area (Å²) in [7, 11) is 0. The van der Waals surface area contributed by atoms with Crippen LogP contribution in [0, 0.1) is 17.3 Å². The van der Waals surface area contributed by atoms with Crippen molar-refractivity contribution in [3.8, 4) is 0 Å². The van der Waals surface area contributed by atoms with E-state index in [1.807, 2.05) is 6.92 Å². The van der Waals surface area contributed by atoms with Crippen molar-refractivity contribution in [2.45, 2.75) is 72.5 Å². The van der Waals surface area contributed by atoms with Crippen LogP contribution in [0.15, 0.2) is 0 Å². The van der Waals surface area contributed by atoms with Gasteiger partial charge in [-0.25, -0.2) is 0 Å². The minimum Gasteiger partial charge on any atom is -0.393 e. The molecule has 0 aliphatic heterocycles. The average Bonchev–Trinajstić information content (AvgIpc) is 2.22. The van der Waals surface area contributed by atoms with Crippen molar-refractivity contribution in [3.05, 3.63) is 0 Å². The van der Waals surface area contributed by atoms with E-state index in [0.717, 1.165) is 25.4 Å². The molecule has 0 aromatic rings. The molecular weight excluding hydrogens is 212 g/mol. The maximum absolute atomic E-state index is 9.23. The van der Waals surface area contributed by atoms with Crippen molar-refractivity contribution >= 4 is 0 Å². The smallest absolute Gasteiger partial charge is 0.0654 e. The first-order valence-electron chi connectivity index (χ1n) is 7.15. The third-order valence-corrected chi connectivity index (χ3v) is 4.64. The third kappa shape index (κ3) is 3.96. The average molecular weight is 242 g/mol. The summed E-state index contributed by atoms with van der Waals surface area (Å²) in [5.41, 5.74) is 0.280. The van der Waals surface area contributed by atoms with Crippen LogP contribution in [0.25, 0.3) is 0 Å². The van der Waals surface area contributed by atoms with Crippen molar-refractivity contribution in [1.29, 1.82) is 0 Å². The molecule has 2 nitrogen and oxygen atoms in total.